The molecule has 2 saturated heterocycles. The van der Waals surface area contributed by atoms with Crippen LogP contribution in [0.15, 0.2) is 49.3 Å². The number of anilines is 1. The van der Waals surface area contributed by atoms with Gasteiger partial charge in [0.25, 0.3) is 0 Å². The highest BCUT2D eigenvalue weighted by Gasteiger charge is 2.35. The van der Waals surface area contributed by atoms with Crippen molar-refractivity contribution in [3.63, 3.8) is 0 Å². The van der Waals surface area contributed by atoms with Gasteiger partial charge in [-0.25, -0.2) is 18.7 Å². The molecule has 0 spiro atoms. The summed E-state index contributed by atoms with van der Waals surface area (Å²) in [6.07, 6.45) is 4.32. The van der Waals surface area contributed by atoms with Gasteiger partial charge >= 0.3 is 0 Å². The fourth-order valence-corrected chi connectivity index (χ4v) is 6.49. The quantitative estimate of drug-likeness (QED) is 0.274. The fourth-order valence-electron chi connectivity index (χ4n) is 6.20. The number of pyridine rings is 1. The molecular formula is C31H30ClF2N7O. The maximum Gasteiger partial charge on any atom is 0.246 e. The first-order chi connectivity index (χ1) is 20.2. The zero-order chi connectivity index (χ0) is 29.7. The minimum atomic E-state index is -0.697. The van der Waals surface area contributed by atoms with E-state index in [1.54, 1.807) is 29.4 Å². The number of rotatable bonds is 6. The average Bonchev–Trinajstić information content (AvgIpc) is 3.39. The van der Waals surface area contributed by atoms with Crippen LogP contribution in [0.2, 0.25) is 5.02 Å². The molecule has 1 amide bonds. The van der Waals surface area contributed by atoms with E-state index >= 15 is 4.39 Å². The van der Waals surface area contributed by atoms with E-state index in [1.165, 1.54) is 18.2 Å². The summed E-state index contributed by atoms with van der Waals surface area (Å²) in [7, 11) is 4.03. The molecule has 8 nitrogen and oxygen atoms in total. The Morgan fingerprint density at radius 3 is 2.71 bits per heavy atom. The molecule has 2 aromatic carbocycles. The number of hydrogen-bond donors (Lipinski definition) is 0. The van der Waals surface area contributed by atoms with Crippen LogP contribution in [0.3, 0.4) is 0 Å². The van der Waals surface area contributed by atoms with Gasteiger partial charge in [0.05, 0.1) is 29.4 Å². The van der Waals surface area contributed by atoms with Gasteiger partial charge in [-0.3, -0.25) is 4.79 Å². The lowest BCUT2D eigenvalue weighted by Gasteiger charge is -2.43. The predicted molar refractivity (Wildman–Crippen MR) is 159 cm³/mol. The Labute approximate surface area is 247 Å². The zero-order valence-electron chi connectivity index (χ0n) is 23.4. The third-order valence-corrected chi connectivity index (χ3v) is 8.87. The summed E-state index contributed by atoms with van der Waals surface area (Å²) in [4.78, 5) is 28.0. The van der Waals surface area contributed by atoms with Crippen molar-refractivity contribution >= 4 is 45.3 Å². The number of amides is 1. The fraction of sp³-hybridized carbons (Fsp3) is 0.355. The molecule has 6 rings (SSSR count). The molecule has 0 saturated carbocycles. The van der Waals surface area contributed by atoms with Gasteiger partial charge in [0, 0.05) is 54.3 Å². The number of nitrogens with zero attached hydrogens (tertiary/aromatic N) is 7. The third kappa shape index (κ3) is 4.57. The number of nitriles is 1. The minimum absolute atomic E-state index is 0.0359. The smallest absolute Gasteiger partial charge is 0.246 e. The summed E-state index contributed by atoms with van der Waals surface area (Å²) in [5.74, 6) is -0.923. The number of likely N-dealkylation sites (tertiary alicyclic amines) is 1. The summed E-state index contributed by atoms with van der Waals surface area (Å²) in [6.45, 7) is 5.46. The van der Waals surface area contributed by atoms with Gasteiger partial charge in [-0.2, -0.15) is 5.26 Å². The normalized spacial score (nSPS) is 19.4. The number of halogens is 3. The van der Waals surface area contributed by atoms with Crippen molar-refractivity contribution in [3.05, 3.63) is 66.0 Å². The van der Waals surface area contributed by atoms with Crippen LogP contribution in [-0.2, 0) is 4.79 Å². The van der Waals surface area contributed by atoms with Gasteiger partial charge in [-0.05, 0) is 45.1 Å². The van der Waals surface area contributed by atoms with Gasteiger partial charge in [0.2, 0.25) is 5.91 Å². The first-order valence-electron chi connectivity index (χ1n) is 13.9. The molecule has 0 aliphatic carbocycles. The molecular weight excluding hydrogens is 560 g/mol. The highest BCUT2D eigenvalue weighted by atomic mass is 35.5. The number of aromatic nitrogens is 3. The highest BCUT2D eigenvalue weighted by molar-refractivity contribution is 6.34. The lowest BCUT2D eigenvalue weighted by molar-refractivity contribution is -0.130. The van der Waals surface area contributed by atoms with Crippen molar-refractivity contribution in [1.82, 2.24) is 24.3 Å². The lowest BCUT2D eigenvalue weighted by atomic mass is 9.94. The number of fused-ring (bicyclic) bond motifs is 3. The van der Waals surface area contributed by atoms with Crippen LogP contribution < -0.4 is 4.90 Å². The molecule has 2 fully saturated rings. The zero-order valence-corrected chi connectivity index (χ0v) is 24.2. The Balaban J connectivity index is 1.54. The van der Waals surface area contributed by atoms with Crippen LogP contribution in [0.5, 0.6) is 0 Å². The Morgan fingerprint density at radius 2 is 2.02 bits per heavy atom. The number of likely N-dealkylation sites (N-methyl/N-ethyl adjacent to an activating group) is 1. The van der Waals surface area contributed by atoms with E-state index in [4.69, 9.17) is 21.6 Å². The van der Waals surface area contributed by atoms with Crippen LogP contribution in [0.1, 0.15) is 25.3 Å². The van der Waals surface area contributed by atoms with Crippen molar-refractivity contribution in [2.24, 2.45) is 0 Å². The van der Waals surface area contributed by atoms with Crippen molar-refractivity contribution in [1.29, 1.82) is 5.26 Å². The van der Waals surface area contributed by atoms with Crippen LogP contribution in [0, 0.1) is 23.0 Å². The second-order valence-corrected chi connectivity index (χ2v) is 11.6. The number of hydrogen-bond acceptors (Lipinski definition) is 6. The van der Waals surface area contributed by atoms with E-state index in [0.29, 0.717) is 60.8 Å². The van der Waals surface area contributed by atoms with E-state index in [2.05, 4.69) is 22.4 Å². The monoisotopic (exact) mass is 589 g/mol. The number of piperidine rings is 1. The second kappa shape index (κ2) is 11.0. The second-order valence-electron chi connectivity index (χ2n) is 11.2. The van der Waals surface area contributed by atoms with Crippen molar-refractivity contribution in [2.45, 2.75) is 37.4 Å². The van der Waals surface area contributed by atoms with E-state index in [9.17, 15) is 14.4 Å². The molecule has 2 aliphatic heterocycles. The van der Waals surface area contributed by atoms with Crippen LogP contribution in [0.25, 0.3) is 33.1 Å². The molecule has 0 radical (unpaired) electrons. The molecule has 0 N–H and O–H groups in total. The number of benzene rings is 2. The third-order valence-electron chi connectivity index (χ3n) is 8.57. The van der Waals surface area contributed by atoms with E-state index in [1.807, 2.05) is 18.7 Å². The SMILES string of the molecule is C=CC(=O)N1CCC(n2cnc3c(N4CC(N(C)C)C4)nc4c(F)c(-c5ccccc5F)c(Cl)cc4c32)CC1CC#N. The number of imidazole rings is 1. The maximum absolute atomic E-state index is 16.5. The Morgan fingerprint density at radius 1 is 1.26 bits per heavy atom. The molecule has 0 bridgehead atoms. The molecule has 42 heavy (non-hydrogen) atoms. The van der Waals surface area contributed by atoms with Gasteiger partial charge in [-0.1, -0.05) is 36.4 Å². The van der Waals surface area contributed by atoms with Gasteiger partial charge in [0.15, 0.2) is 11.6 Å². The average molecular weight is 590 g/mol. The first kappa shape index (κ1) is 28.1. The molecule has 216 valence electrons. The van der Waals surface area contributed by atoms with Crippen molar-refractivity contribution in [2.75, 3.05) is 38.6 Å². The van der Waals surface area contributed by atoms with Crippen molar-refractivity contribution in [3.8, 4) is 17.2 Å². The standard InChI is InChI=1S/C31H30ClF2N7O/c1-4-25(42)40-12-10-19(13-18(40)9-11-35)41-17-36-29-30(41)22-14-23(32)26(21-7-5-6-8-24(21)33)27(34)28(22)37-31(29)39-15-20(16-39)38(2)3/h4-8,14,17-20H,1,9-10,12-13,15-16H2,2-3H3. The summed E-state index contributed by atoms with van der Waals surface area (Å²) < 4.78 is 33.3. The largest absolute Gasteiger partial charge is 0.351 e. The summed E-state index contributed by atoms with van der Waals surface area (Å²) in [5, 5.41) is 10.0. The Kier molecular flexibility index (Phi) is 7.33. The predicted octanol–water partition coefficient (Wildman–Crippen LogP) is 5.57. The van der Waals surface area contributed by atoms with E-state index in [0.717, 1.165) is 0 Å². The topological polar surface area (TPSA) is 81.3 Å². The molecule has 4 heterocycles. The maximum atomic E-state index is 16.5. The van der Waals surface area contributed by atoms with Gasteiger partial charge in [0.1, 0.15) is 16.9 Å². The van der Waals surface area contributed by atoms with Gasteiger partial charge in [-0.15, -0.1) is 0 Å². The molecule has 2 aromatic heterocycles. The Hall–Kier alpha value is -4.07. The van der Waals surface area contributed by atoms with E-state index < -0.39 is 11.6 Å². The van der Waals surface area contributed by atoms with Crippen LogP contribution in [0.4, 0.5) is 14.6 Å². The molecule has 2 aliphatic rings. The minimum Gasteiger partial charge on any atom is -0.351 e. The summed E-state index contributed by atoms with van der Waals surface area (Å²) >= 11 is 6.68. The van der Waals surface area contributed by atoms with Crippen LogP contribution in [-0.4, -0.2) is 76.1 Å². The summed E-state index contributed by atoms with van der Waals surface area (Å²) in [6, 6.07) is 9.71. The molecule has 2 atom stereocenters. The lowest BCUT2D eigenvalue weighted by Crippen LogP contribution is -2.57. The summed E-state index contributed by atoms with van der Waals surface area (Å²) in [5.41, 5.74) is 1.41. The molecule has 4 aromatic rings. The van der Waals surface area contributed by atoms with Crippen LogP contribution >= 0.6 is 11.6 Å². The number of carbonyl (C=O) groups excluding carboxylic acids is 1. The van der Waals surface area contributed by atoms with Gasteiger partial charge < -0.3 is 19.3 Å². The Bertz CT molecular complexity index is 1760. The highest BCUT2D eigenvalue weighted by Crippen LogP contribution is 2.42. The number of carbonyl (C=O) groups is 1. The van der Waals surface area contributed by atoms with Crippen molar-refractivity contribution < 1.29 is 13.6 Å². The van der Waals surface area contributed by atoms with E-state index in [-0.39, 0.29) is 46.1 Å². The molecule has 2 unspecified atom stereocenters. The first-order valence-corrected chi connectivity index (χ1v) is 14.3. The molecule has 11 heteroatoms.